The Kier molecular flexibility index (Phi) is 5.70. The minimum atomic E-state index is -0.404. The van der Waals surface area contributed by atoms with Gasteiger partial charge in [0, 0.05) is 12.6 Å². The Morgan fingerprint density at radius 2 is 1.63 bits per heavy atom. The highest BCUT2D eigenvalue weighted by Gasteiger charge is 2.19. The molecule has 0 aliphatic heterocycles. The lowest BCUT2D eigenvalue weighted by molar-refractivity contribution is -0.120. The number of para-hydroxylation sites is 1. The number of nitrogens with one attached hydrogen (secondary N) is 2. The molecule has 7 heteroatoms. The third-order valence-corrected chi connectivity index (χ3v) is 4.46. The second-order valence-electron chi connectivity index (χ2n) is 6.58. The van der Waals surface area contributed by atoms with Crippen molar-refractivity contribution >= 4 is 11.8 Å². The van der Waals surface area contributed by atoms with Crippen LogP contribution >= 0.6 is 0 Å². The Balaban J connectivity index is 1.47. The van der Waals surface area contributed by atoms with Crippen molar-refractivity contribution in [3.05, 3.63) is 96.4 Å². The van der Waals surface area contributed by atoms with E-state index in [1.807, 2.05) is 60.7 Å². The predicted octanol–water partition coefficient (Wildman–Crippen LogP) is 3.18. The molecule has 0 saturated heterocycles. The maximum Gasteiger partial charge on any atom is 0.270 e. The summed E-state index contributed by atoms with van der Waals surface area (Å²) in [5.41, 5.74) is 2.56. The standard InChI is InChI=1S/C23H20N4O3/c28-22(24-15-17-8-3-1-4-9-17)16-25-23(29)20-14-19(21-12-7-13-30-21)26-27(20)18-10-5-2-6-11-18/h1-14H,15-16H2,(H,24,28)(H,25,29). The number of benzene rings is 2. The molecule has 2 aromatic carbocycles. The SMILES string of the molecule is O=C(CNC(=O)c1cc(-c2ccco2)nn1-c1ccccc1)NCc1ccccc1. The van der Waals surface area contributed by atoms with Crippen LogP contribution in [0.2, 0.25) is 0 Å². The van der Waals surface area contributed by atoms with Crippen molar-refractivity contribution < 1.29 is 14.0 Å². The second-order valence-corrected chi connectivity index (χ2v) is 6.58. The summed E-state index contributed by atoms with van der Waals surface area (Å²) in [6.45, 7) is 0.266. The van der Waals surface area contributed by atoms with Gasteiger partial charge in [0.1, 0.15) is 11.4 Å². The molecule has 2 aromatic heterocycles. The Morgan fingerprint density at radius 1 is 0.900 bits per heavy atom. The normalized spacial score (nSPS) is 10.5. The van der Waals surface area contributed by atoms with Crippen molar-refractivity contribution in [2.75, 3.05) is 6.54 Å². The van der Waals surface area contributed by atoms with Crippen molar-refractivity contribution in [2.45, 2.75) is 6.54 Å². The van der Waals surface area contributed by atoms with Crippen LogP contribution in [-0.2, 0) is 11.3 Å². The van der Waals surface area contributed by atoms with Crippen molar-refractivity contribution in [3.8, 4) is 17.1 Å². The first-order chi connectivity index (χ1) is 14.7. The molecule has 0 radical (unpaired) electrons. The van der Waals surface area contributed by atoms with Crippen LogP contribution in [0.4, 0.5) is 0 Å². The number of furan rings is 1. The van der Waals surface area contributed by atoms with E-state index in [9.17, 15) is 9.59 Å². The average molecular weight is 400 g/mol. The zero-order valence-electron chi connectivity index (χ0n) is 16.1. The van der Waals surface area contributed by atoms with Crippen molar-refractivity contribution in [1.82, 2.24) is 20.4 Å². The highest BCUT2D eigenvalue weighted by atomic mass is 16.3. The number of hydrogen-bond donors (Lipinski definition) is 2. The van der Waals surface area contributed by atoms with E-state index in [4.69, 9.17) is 4.42 Å². The van der Waals surface area contributed by atoms with Gasteiger partial charge in [0.05, 0.1) is 18.5 Å². The van der Waals surface area contributed by atoms with Gasteiger partial charge in [-0.25, -0.2) is 4.68 Å². The van der Waals surface area contributed by atoms with Crippen LogP contribution in [0.3, 0.4) is 0 Å². The van der Waals surface area contributed by atoms with Crippen LogP contribution in [0.1, 0.15) is 16.1 Å². The molecule has 0 aliphatic carbocycles. The molecule has 0 spiro atoms. The molecule has 150 valence electrons. The summed E-state index contributed by atoms with van der Waals surface area (Å²) in [6, 6.07) is 24.1. The third kappa shape index (κ3) is 4.47. The Hall–Kier alpha value is -4.13. The minimum absolute atomic E-state index is 0.137. The van der Waals surface area contributed by atoms with Crippen molar-refractivity contribution in [2.24, 2.45) is 0 Å². The molecular weight excluding hydrogens is 380 g/mol. The van der Waals surface area contributed by atoms with Gasteiger partial charge >= 0.3 is 0 Å². The van der Waals surface area contributed by atoms with E-state index in [0.29, 0.717) is 23.7 Å². The van der Waals surface area contributed by atoms with Crippen LogP contribution in [-0.4, -0.2) is 28.1 Å². The number of amides is 2. The highest BCUT2D eigenvalue weighted by molar-refractivity contribution is 5.96. The maximum absolute atomic E-state index is 12.8. The summed E-state index contributed by atoms with van der Waals surface area (Å²) in [6.07, 6.45) is 1.55. The lowest BCUT2D eigenvalue weighted by Crippen LogP contribution is -2.37. The van der Waals surface area contributed by atoms with Gasteiger partial charge in [0.25, 0.3) is 5.91 Å². The zero-order valence-corrected chi connectivity index (χ0v) is 16.1. The van der Waals surface area contributed by atoms with E-state index in [2.05, 4.69) is 15.7 Å². The Morgan fingerprint density at radius 3 is 2.33 bits per heavy atom. The summed E-state index contributed by atoms with van der Waals surface area (Å²) in [7, 11) is 0. The minimum Gasteiger partial charge on any atom is -0.463 e. The van der Waals surface area contributed by atoms with Gasteiger partial charge in [0.15, 0.2) is 5.76 Å². The van der Waals surface area contributed by atoms with Gasteiger partial charge in [-0.3, -0.25) is 9.59 Å². The first-order valence-corrected chi connectivity index (χ1v) is 9.49. The van der Waals surface area contributed by atoms with E-state index in [1.54, 1.807) is 24.5 Å². The lowest BCUT2D eigenvalue weighted by atomic mass is 10.2. The molecule has 30 heavy (non-hydrogen) atoms. The first kappa shape index (κ1) is 19.2. The number of carbonyl (C=O) groups excluding carboxylic acids is 2. The smallest absolute Gasteiger partial charge is 0.270 e. The predicted molar refractivity (Wildman–Crippen MR) is 112 cm³/mol. The molecule has 4 rings (SSSR count). The fraction of sp³-hybridized carbons (Fsp3) is 0.0870. The molecule has 7 nitrogen and oxygen atoms in total. The molecule has 4 aromatic rings. The van der Waals surface area contributed by atoms with E-state index in [1.165, 1.54) is 4.68 Å². The van der Waals surface area contributed by atoms with E-state index in [0.717, 1.165) is 11.3 Å². The maximum atomic E-state index is 12.8. The number of aromatic nitrogens is 2. The lowest BCUT2D eigenvalue weighted by Gasteiger charge is -2.09. The van der Waals surface area contributed by atoms with Gasteiger partial charge in [-0.1, -0.05) is 48.5 Å². The van der Waals surface area contributed by atoms with E-state index in [-0.39, 0.29) is 12.5 Å². The fourth-order valence-electron chi connectivity index (χ4n) is 2.96. The number of rotatable bonds is 7. The second kappa shape index (κ2) is 8.91. The van der Waals surface area contributed by atoms with Crippen LogP contribution in [0.5, 0.6) is 0 Å². The highest BCUT2D eigenvalue weighted by Crippen LogP contribution is 2.22. The van der Waals surface area contributed by atoms with Gasteiger partial charge in [-0.2, -0.15) is 5.10 Å². The van der Waals surface area contributed by atoms with Gasteiger partial charge in [-0.15, -0.1) is 0 Å². The first-order valence-electron chi connectivity index (χ1n) is 9.49. The molecule has 0 unspecified atom stereocenters. The molecule has 0 aliphatic rings. The van der Waals surface area contributed by atoms with E-state index >= 15 is 0 Å². The third-order valence-electron chi connectivity index (χ3n) is 4.46. The summed E-state index contributed by atoms with van der Waals surface area (Å²) < 4.78 is 6.94. The van der Waals surface area contributed by atoms with Crippen LogP contribution in [0.15, 0.2) is 89.5 Å². The summed E-state index contributed by atoms with van der Waals surface area (Å²) >= 11 is 0. The number of hydrogen-bond acceptors (Lipinski definition) is 4. The summed E-state index contributed by atoms with van der Waals surface area (Å²) in [4.78, 5) is 25.0. The van der Waals surface area contributed by atoms with E-state index < -0.39 is 5.91 Å². The molecule has 2 amide bonds. The molecule has 2 N–H and O–H groups in total. The van der Waals surface area contributed by atoms with Gasteiger partial charge < -0.3 is 15.1 Å². The largest absolute Gasteiger partial charge is 0.463 e. The quantitative estimate of drug-likeness (QED) is 0.499. The topological polar surface area (TPSA) is 89.2 Å². The summed E-state index contributed by atoms with van der Waals surface area (Å²) in [5.74, 6) is -0.123. The van der Waals surface area contributed by atoms with Crippen LogP contribution in [0, 0.1) is 0 Å². The van der Waals surface area contributed by atoms with Crippen molar-refractivity contribution in [1.29, 1.82) is 0 Å². The van der Waals surface area contributed by atoms with Gasteiger partial charge in [0.2, 0.25) is 5.91 Å². The molecule has 0 saturated carbocycles. The average Bonchev–Trinajstić information content (AvgIpc) is 3.47. The zero-order chi connectivity index (χ0) is 20.8. The molecule has 0 fully saturated rings. The molecule has 0 atom stereocenters. The molecular formula is C23H20N4O3. The van der Waals surface area contributed by atoms with Crippen LogP contribution < -0.4 is 10.6 Å². The fourth-order valence-corrected chi connectivity index (χ4v) is 2.96. The Bertz CT molecular complexity index is 1120. The molecule has 2 heterocycles. The number of nitrogens with zero attached hydrogens (tertiary/aromatic N) is 2. The monoisotopic (exact) mass is 400 g/mol. The molecule has 0 bridgehead atoms. The Labute approximate surface area is 173 Å². The van der Waals surface area contributed by atoms with Crippen LogP contribution in [0.25, 0.3) is 17.1 Å². The van der Waals surface area contributed by atoms with Gasteiger partial charge in [-0.05, 0) is 29.8 Å². The number of carbonyl (C=O) groups is 2. The van der Waals surface area contributed by atoms with Crippen molar-refractivity contribution in [3.63, 3.8) is 0 Å². The summed E-state index contributed by atoms with van der Waals surface area (Å²) in [5, 5.41) is 9.96.